The lowest BCUT2D eigenvalue weighted by atomic mass is 9.91. The Balaban J connectivity index is 1.05. The number of anilines is 1. The van der Waals surface area contributed by atoms with Crippen molar-refractivity contribution in [2.24, 2.45) is 18.9 Å². The van der Waals surface area contributed by atoms with E-state index in [0.717, 1.165) is 18.9 Å². The van der Waals surface area contributed by atoms with Crippen LogP contribution in [0.3, 0.4) is 0 Å². The summed E-state index contributed by atoms with van der Waals surface area (Å²) in [7, 11) is 1.78. The van der Waals surface area contributed by atoms with E-state index in [2.05, 4.69) is 43.2 Å². The number of hydrogen-bond donors (Lipinski definition) is 0. The second-order valence-corrected chi connectivity index (χ2v) is 9.67. The molecule has 33 heavy (non-hydrogen) atoms. The van der Waals surface area contributed by atoms with Crippen molar-refractivity contribution in [2.75, 3.05) is 18.0 Å². The Morgan fingerprint density at radius 1 is 1.06 bits per heavy atom. The quantitative estimate of drug-likeness (QED) is 0.478. The van der Waals surface area contributed by atoms with Crippen LogP contribution in [-0.2, 0) is 26.4 Å². The second kappa shape index (κ2) is 7.00. The van der Waals surface area contributed by atoms with E-state index in [1.165, 1.54) is 53.4 Å². The topological polar surface area (TPSA) is 94.9 Å². The molecule has 9 heteroatoms. The molecule has 0 amide bonds. The predicted molar refractivity (Wildman–Crippen MR) is 121 cm³/mol. The number of aromatic nitrogens is 6. The molecule has 4 aromatic rings. The zero-order valence-electron chi connectivity index (χ0n) is 18.5. The largest absolute Gasteiger partial charge is 0.371 e. The highest BCUT2D eigenvalue weighted by atomic mass is 16.5. The Morgan fingerprint density at radius 2 is 1.85 bits per heavy atom. The molecule has 0 bridgehead atoms. The van der Waals surface area contributed by atoms with Crippen LogP contribution in [0.5, 0.6) is 0 Å². The maximum absolute atomic E-state index is 12.8. The molecule has 3 atom stereocenters. The standard InChI is InChI=1S/C24H25N7O2/c1-29-12-25-23-21(29)24(32)31(13-26-23)11-19-27-22(28-33-19)20-17-9-30(10-18(17)20)16-7-6-14-4-2-3-5-15(14)8-16/h6-8,12-13,17-18,20H,2-5,9-11H2,1H3/t17-,18+,20+. The summed E-state index contributed by atoms with van der Waals surface area (Å²) in [5.74, 6) is 2.70. The Labute approximate surface area is 190 Å². The van der Waals surface area contributed by atoms with Crippen LogP contribution in [0.15, 0.2) is 40.2 Å². The first-order chi connectivity index (χ1) is 16.2. The normalized spacial score (nSPS) is 23.7. The van der Waals surface area contributed by atoms with E-state index in [9.17, 15) is 4.79 Å². The lowest BCUT2D eigenvalue weighted by Crippen LogP contribution is -2.24. The van der Waals surface area contributed by atoms with Gasteiger partial charge >= 0.3 is 0 Å². The SMILES string of the molecule is Cn1cnc2ncn(Cc3nc([C@H]4[C@@H]5CN(c6ccc7c(c6)CCCC7)C[C@@H]54)no3)c(=O)c21. The van der Waals surface area contributed by atoms with Crippen LogP contribution >= 0.6 is 0 Å². The minimum absolute atomic E-state index is 0.163. The summed E-state index contributed by atoms with van der Waals surface area (Å²) in [4.78, 5) is 28.3. The zero-order valence-corrected chi connectivity index (χ0v) is 18.5. The van der Waals surface area contributed by atoms with Crippen molar-refractivity contribution < 1.29 is 4.52 Å². The minimum Gasteiger partial charge on any atom is -0.371 e. The van der Waals surface area contributed by atoms with Crippen molar-refractivity contribution >= 4 is 16.9 Å². The molecule has 1 saturated carbocycles. The molecular formula is C24H25N7O2. The first kappa shape index (κ1) is 19.0. The highest BCUT2D eigenvalue weighted by Gasteiger charge is 2.58. The molecule has 0 radical (unpaired) electrons. The fourth-order valence-electron chi connectivity index (χ4n) is 5.83. The molecule has 1 aromatic carbocycles. The van der Waals surface area contributed by atoms with E-state index in [-0.39, 0.29) is 12.1 Å². The number of nitrogens with zero attached hydrogens (tertiary/aromatic N) is 7. The molecule has 2 aliphatic carbocycles. The van der Waals surface area contributed by atoms with E-state index in [1.54, 1.807) is 17.9 Å². The molecule has 4 heterocycles. The predicted octanol–water partition coefficient (Wildman–Crippen LogP) is 2.29. The van der Waals surface area contributed by atoms with Crippen molar-refractivity contribution in [3.63, 3.8) is 0 Å². The van der Waals surface area contributed by atoms with Gasteiger partial charge in [-0.25, -0.2) is 9.97 Å². The minimum atomic E-state index is -0.163. The van der Waals surface area contributed by atoms with Crippen LogP contribution in [0, 0.1) is 11.8 Å². The van der Waals surface area contributed by atoms with Crippen molar-refractivity contribution in [1.82, 2.24) is 29.2 Å². The van der Waals surface area contributed by atoms with Gasteiger partial charge in [0.15, 0.2) is 17.0 Å². The Hall–Kier alpha value is -3.49. The molecule has 0 unspecified atom stereocenters. The van der Waals surface area contributed by atoms with E-state index in [0.29, 0.717) is 34.8 Å². The third kappa shape index (κ3) is 3.02. The van der Waals surface area contributed by atoms with E-state index >= 15 is 0 Å². The Morgan fingerprint density at radius 3 is 2.70 bits per heavy atom. The number of aryl methyl sites for hydroxylation is 3. The zero-order chi connectivity index (χ0) is 22.1. The summed E-state index contributed by atoms with van der Waals surface area (Å²) < 4.78 is 8.68. The van der Waals surface area contributed by atoms with Gasteiger partial charge in [0.25, 0.3) is 5.56 Å². The van der Waals surface area contributed by atoms with Crippen LogP contribution in [0.1, 0.15) is 41.6 Å². The van der Waals surface area contributed by atoms with Gasteiger partial charge in [-0.15, -0.1) is 0 Å². The first-order valence-corrected chi connectivity index (χ1v) is 11.7. The molecule has 0 spiro atoms. The smallest absolute Gasteiger partial charge is 0.280 e. The highest BCUT2D eigenvalue weighted by Crippen LogP contribution is 2.58. The number of piperidine rings is 1. The molecule has 168 valence electrons. The van der Waals surface area contributed by atoms with Gasteiger partial charge in [0.1, 0.15) is 12.9 Å². The fraction of sp³-hybridized carbons (Fsp3) is 0.458. The van der Waals surface area contributed by atoms with Gasteiger partial charge in [0.2, 0.25) is 5.89 Å². The molecule has 2 fully saturated rings. The lowest BCUT2D eigenvalue weighted by molar-refractivity contribution is 0.363. The van der Waals surface area contributed by atoms with Gasteiger partial charge in [-0.1, -0.05) is 11.2 Å². The summed E-state index contributed by atoms with van der Waals surface area (Å²) in [5, 5.41) is 4.25. The van der Waals surface area contributed by atoms with Gasteiger partial charge in [-0.3, -0.25) is 9.36 Å². The van der Waals surface area contributed by atoms with Crippen LogP contribution in [0.4, 0.5) is 5.69 Å². The number of fused-ring (bicyclic) bond motifs is 3. The molecule has 1 aliphatic heterocycles. The first-order valence-electron chi connectivity index (χ1n) is 11.7. The van der Waals surface area contributed by atoms with Crippen molar-refractivity contribution in [2.45, 2.75) is 38.1 Å². The summed E-state index contributed by atoms with van der Waals surface area (Å²) >= 11 is 0. The second-order valence-electron chi connectivity index (χ2n) is 9.67. The number of hydrogen-bond acceptors (Lipinski definition) is 7. The summed E-state index contributed by atoms with van der Waals surface area (Å²) in [6, 6.07) is 7.03. The van der Waals surface area contributed by atoms with Crippen LogP contribution in [0.25, 0.3) is 11.2 Å². The van der Waals surface area contributed by atoms with E-state index in [4.69, 9.17) is 4.52 Å². The summed E-state index contributed by atoms with van der Waals surface area (Å²) in [5.41, 5.74) is 5.17. The molecule has 0 N–H and O–H groups in total. The molecule has 7 rings (SSSR count). The average Bonchev–Trinajstić information content (AvgIpc) is 3.24. The fourth-order valence-corrected chi connectivity index (χ4v) is 5.83. The number of imidazole rings is 1. The Bertz CT molecular complexity index is 1420. The van der Waals surface area contributed by atoms with Gasteiger partial charge in [0, 0.05) is 31.7 Å². The summed E-state index contributed by atoms with van der Waals surface area (Å²) in [6.45, 7) is 2.29. The van der Waals surface area contributed by atoms with E-state index < -0.39 is 0 Å². The van der Waals surface area contributed by atoms with Gasteiger partial charge < -0.3 is 14.0 Å². The third-order valence-corrected chi connectivity index (χ3v) is 7.68. The highest BCUT2D eigenvalue weighted by molar-refractivity contribution is 5.68. The van der Waals surface area contributed by atoms with Crippen LogP contribution in [-0.4, -0.2) is 42.3 Å². The monoisotopic (exact) mass is 443 g/mol. The molecule has 3 aromatic heterocycles. The van der Waals surface area contributed by atoms with Crippen molar-refractivity contribution in [1.29, 1.82) is 0 Å². The van der Waals surface area contributed by atoms with Crippen molar-refractivity contribution in [3.05, 3.63) is 64.0 Å². The number of benzene rings is 1. The van der Waals surface area contributed by atoms with Crippen LogP contribution < -0.4 is 10.5 Å². The molecule has 1 saturated heterocycles. The Kier molecular flexibility index (Phi) is 4.04. The van der Waals surface area contributed by atoms with Gasteiger partial charge in [-0.2, -0.15) is 4.98 Å². The van der Waals surface area contributed by atoms with Gasteiger partial charge in [0.05, 0.1) is 6.33 Å². The molecule has 9 nitrogen and oxygen atoms in total. The lowest BCUT2D eigenvalue weighted by Gasteiger charge is -2.24. The summed E-state index contributed by atoms with van der Waals surface area (Å²) in [6.07, 6.45) is 8.14. The molecular weight excluding hydrogens is 418 g/mol. The maximum Gasteiger partial charge on any atom is 0.280 e. The maximum atomic E-state index is 12.8. The molecule has 3 aliphatic rings. The third-order valence-electron chi connectivity index (χ3n) is 7.68. The van der Waals surface area contributed by atoms with Gasteiger partial charge in [-0.05, 0) is 60.8 Å². The van der Waals surface area contributed by atoms with Crippen LogP contribution in [0.2, 0.25) is 0 Å². The number of rotatable bonds is 4. The van der Waals surface area contributed by atoms with Crippen molar-refractivity contribution in [3.8, 4) is 0 Å². The van der Waals surface area contributed by atoms with E-state index in [1.807, 2.05) is 0 Å². The average molecular weight is 444 g/mol.